The maximum absolute atomic E-state index is 5.76. The Bertz CT molecular complexity index is 488. The Kier molecular flexibility index (Phi) is 2.26. The van der Waals surface area contributed by atoms with Crippen molar-refractivity contribution < 1.29 is 0 Å². The van der Waals surface area contributed by atoms with Gasteiger partial charge in [0.05, 0.1) is 5.69 Å². The van der Waals surface area contributed by atoms with Gasteiger partial charge in [0.2, 0.25) is 0 Å². The lowest BCUT2D eigenvalue weighted by molar-refractivity contribution is 0.688. The molecule has 82 valence electrons. The van der Waals surface area contributed by atoms with Crippen molar-refractivity contribution in [2.24, 2.45) is 5.73 Å². The van der Waals surface area contributed by atoms with E-state index in [1.807, 2.05) is 16.9 Å². The molecular formula is C13H15N3. The maximum Gasteiger partial charge on any atom is 0.0648 e. The average molecular weight is 213 g/mol. The second-order valence-corrected chi connectivity index (χ2v) is 4.31. The molecular weight excluding hydrogens is 198 g/mol. The van der Waals surface area contributed by atoms with Crippen LogP contribution < -0.4 is 5.73 Å². The van der Waals surface area contributed by atoms with Crippen molar-refractivity contribution in [3.05, 3.63) is 47.8 Å². The third kappa shape index (κ3) is 1.44. The quantitative estimate of drug-likeness (QED) is 0.827. The van der Waals surface area contributed by atoms with Gasteiger partial charge in [-0.3, -0.25) is 0 Å². The summed E-state index contributed by atoms with van der Waals surface area (Å²) in [6.07, 6.45) is 6.10. The topological polar surface area (TPSA) is 43.8 Å². The van der Waals surface area contributed by atoms with Crippen LogP contribution in [0.25, 0.3) is 5.69 Å². The lowest BCUT2D eigenvalue weighted by atomic mass is 10.0. The molecule has 1 aromatic carbocycles. The first kappa shape index (κ1) is 9.60. The summed E-state index contributed by atoms with van der Waals surface area (Å²) < 4.78 is 1.90. The van der Waals surface area contributed by atoms with Gasteiger partial charge < -0.3 is 5.73 Å². The SMILES string of the molecule is NCC1CCc2cc(-n3cccn3)ccc21. The van der Waals surface area contributed by atoms with Gasteiger partial charge in [-0.1, -0.05) is 6.07 Å². The Morgan fingerprint density at radius 1 is 1.44 bits per heavy atom. The highest BCUT2D eigenvalue weighted by atomic mass is 15.3. The second-order valence-electron chi connectivity index (χ2n) is 4.31. The fourth-order valence-corrected chi connectivity index (χ4v) is 2.50. The highest BCUT2D eigenvalue weighted by Gasteiger charge is 2.21. The summed E-state index contributed by atoms with van der Waals surface area (Å²) >= 11 is 0. The number of rotatable bonds is 2. The van der Waals surface area contributed by atoms with Crippen LogP contribution in [0.5, 0.6) is 0 Å². The van der Waals surface area contributed by atoms with Crippen molar-refractivity contribution in [1.82, 2.24) is 9.78 Å². The lowest BCUT2D eigenvalue weighted by Gasteiger charge is -2.09. The number of aryl methyl sites for hydroxylation is 1. The number of hydrogen-bond donors (Lipinski definition) is 1. The van der Waals surface area contributed by atoms with Gasteiger partial charge in [-0.15, -0.1) is 0 Å². The van der Waals surface area contributed by atoms with Gasteiger partial charge in [-0.05, 0) is 54.6 Å². The van der Waals surface area contributed by atoms with Gasteiger partial charge in [0.15, 0.2) is 0 Å². The number of fused-ring (bicyclic) bond motifs is 1. The standard InChI is InChI=1S/C13H15N3/c14-9-11-3-2-10-8-12(4-5-13(10)11)16-7-1-6-15-16/h1,4-8,11H,2-3,9,14H2. The highest BCUT2D eigenvalue weighted by Crippen LogP contribution is 2.33. The fraction of sp³-hybridized carbons (Fsp3) is 0.308. The van der Waals surface area contributed by atoms with Crippen LogP contribution in [0.2, 0.25) is 0 Å². The highest BCUT2D eigenvalue weighted by molar-refractivity contribution is 5.44. The molecule has 0 amide bonds. The van der Waals surface area contributed by atoms with Crippen molar-refractivity contribution in [3.8, 4) is 5.69 Å². The second kappa shape index (κ2) is 3.76. The lowest BCUT2D eigenvalue weighted by Crippen LogP contribution is -2.09. The van der Waals surface area contributed by atoms with Crippen LogP contribution in [0, 0.1) is 0 Å². The molecule has 0 fully saturated rings. The molecule has 1 unspecified atom stereocenters. The Morgan fingerprint density at radius 2 is 2.38 bits per heavy atom. The van der Waals surface area contributed by atoms with Crippen LogP contribution in [-0.2, 0) is 6.42 Å². The molecule has 0 spiro atoms. The van der Waals surface area contributed by atoms with Gasteiger partial charge in [-0.2, -0.15) is 5.10 Å². The Balaban J connectivity index is 2.01. The molecule has 1 aromatic heterocycles. The van der Waals surface area contributed by atoms with Crippen LogP contribution in [0.1, 0.15) is 23.5 Å². The maximum atomic E-state index is 5.76. The molecule has 3 heteroatoms. The number of aromatic nitrogens is 2. The Labute approximate surface area is 94.9 Å². The number of hydrogen-bond acceptors (Lipinski definition) is 2. The number of nitrogens with two attached hydrogens (primary N) is 1. The molecule has 2 N–H and O–H groups in total. The van der Waals surface area contributed by atoms with Crippen molar-refractivity contribution in [3.63, 3.8) is 0 Å². The molecule has 0 saturated carbocycles. The first-order chi connectivity index (χ1) is 7.88. The molecule has 0 radical (unpaired) electrons. The molecule has 0 saturated heterocycles. The molecule has 0 aliphatic heterocycles. The van der Waals surface area contributed by atoms with E-state index in [9.17, 15) is 0 Å². The molecule has 16 heavy (non-hydrogen) atoms. The zero-order valence-corrected chi connectivity index (χ0v) is 9.13. The summed E-state index contributed by atoms with van der Waals surface area (Å²) in [5, 5.41) is 4.24. The monoisotopic (exact) mass is 213 g/mol. The van der Waals surface area contributed by atoms with Crippen LogP contribution in [-0.4, -0.2) is 16.3 Å². The minimum absolute atomic E-state index is 0.557. The zero-order valence-electron chi connectivity index (χ0n) is 9.13. The predicted octanol–water partition coefficient (Wildman–Crippen LogP) is 1.86. The summed E-state index contributed by atoms with van der Waals surface area (Å²) in [6.45, 7) is 0.758. The molecule has 2 aromatic rings. The molecule has 1 atom stereocenters. The van der Waals surface area contributed by atoms with E-state index in [4.69, 9.17) is 5.73 Å². The van der Waals surface area contributed by atoms with Crippen LogP contribution in [0.15, 0.2) is 36.7 Å². The molecule has 1 aliphatic rings. The van der Waals surface area contributed by atoms with Crippen molar-refractivity contribution >= 4 is 0 Å². The molecule has 0 bridgehead atoms. The van der Waals surface area contributed by atoms with Crippen molar-refractivity contribution in [2.45, 2.75) is 18.8 Å². The Morgan fingerprint density at radius 3 is 3.12 bits per heavy atom. The van der Waals surface area contributed by atoms with E-state index >= 15 is 0 Å². The third-order valence-corrected chi connectivity index (χ3v) is 3.38. The van der Waals surface area contributed by atoms with E-state index in [2.05, 4.69) is 23.3 Å². The van der Waals surface area contributed by atoms with E-state index in [1.54, 1.807) is 6.20 Å². The summed E-state index contributed by atoms with van der Waals surface area (Å²) in [7, 11) is 0. The van der Waals surface area contributed by atoms with Crippen molar-refractivity contribution in [1.29, 1.82) is 0 Å². The van der Waals surface area contributed by atoms with Crippen LogP contribution in [0.4, 0.5) is 0 Å². The minimum Gasteiger partial charge on any atom is -0.330 e. The van der Waals surface area contributed by atoms with Gasteiger partial charge >= 0.3 is 0 Å². The van der Waals surface area contributed by atoms with Crippen LogP contribution >= 0.6 is 0 Å². The normalized spacial score (nSPS) is 18.7. The molecule has 1 aliphatic carbocycles. The van der Waals surface area contributed by atoms with E-state index in [0.717, 1.165) is 18.7 Å². The van der Waals surface area contributed by atoms with Gasteiger partial charge in [-0.25, -0.2) is 4.68 Å². The predicted molar refractivity (Wildman–Crippen MR) is 63.7 cm³/mol. The van der Waals surface area contributed by atoms with E-state index < -0.39 is 0 Å². The first-order valence-corrected chi connectivity index (χ1v) is 5.71. The number of nitrogens with zero attached hydrogens (tertiary/aromatic N) is 2. The summed E-state index contributed by atoms with van der Waals surface area (Å²) in [5.41, 5.74) is 9.77. The minimum atomic E-state index is 0.557. The Hall–Kier alpha value is -1.61. The third-order valence-electron chi connectivity index (χ3n) is 3.38. The fourth-order valence-electron chi connectivity index (χ4n) is 2.50. The van der Waals surface area contributed by atoms with E-state index in [1.165, 1.54) is 17.5 Å². The molecule has 1 heterocycles. The van der Waals surface area contributed by atoms with Gasteiger partial charge in [0.25, 0.3) is 0 Å². The number of benzene rings is 1. The van der Waals surface area contributed by atoms with Crippen molar-refractivity contribution in [2.75, 3.05) is 6.54 Å². The summed E-state index contributed by atoms with van der Waals surface area (Å²) in [6, 6.07) is 8.50. The van der Waals surface area contributed by atoms with Gasteiger partial charge in [0, 0.05) is 12.4 Å². The molecule has 3 rings (SSSR count). The zero-order chi connectivity index (χ0) is 11.0. The van der Waals surface area contributed by atoms with E-state index in [-0.39, 0.29) is 0 Å². The smallest absolute Gasteiger partial charge is 0.0648 e. The average Bonchev–Trinajstić information content (AvgIpc) is 2.97. The van der Waals surface area contributed by atoms with E-state index in [0.29, 0.717) is 5.92 Å². The molecule has 3 nitrogen and oxygen atoms in total. The van der Waals surface area contributed by atoms with Gasteiger partial charge in [0.1, 0.15) is 0 Å². The largest absolute Gasteiger partial charge is 0.330 e. The van der Waals surface area contributed by atoms with Crippen LogP contribution in [0.3, 0.4) is 0 Å². The summed E-state index contributed by atoms with van der Waals surface area (Å²) in [4.78, 5) is 0. The first-order valence-electron chi connectivity index (χ1n) is 5.71. The summed E-state index contributed by atoms with van der Waals surface area (Å²) in [5.74, 6) is 0.557.